The number of ether oxygens (including phenoxy) is 2. The number of nitrogens with two attached hydrogens (primary N) is 1. The second-order valence-corrected chi connectivity index (χ2v) is 5.84. The first-order valence-corrected chi connectivity index (χ1v) is 7.22. The van der Waals surface area contributed by atoms with Crippen molar-refractivity contribution in [2.75, 3.05) is 13.2 Å². The Balaban J connectivity index is 2.62. The predicted octanol–water partition coefficient (Wildman–Crippen LogP) is 2.39. The third-order valence-electron chi connectivity index (χ3n) is 2.69. The fourth-order valence-electron chi connectivity index (χ4n) is 1.74. The Hall–Kier alpha value is -2.08. The third kappa shape index (κ3) is 6.13. The van der Waals surface area contributed by atoms with Gasteiger partial charge in [0.15, 0.2) is 0 Å². The van der Waals surface area contributed by atoms with E-state index in [-0.39, 0.29) is 6.54 Å². The van der Waals surface area contributed by atoms with Gasteiger partial charge in [0.25, 0.3) is 0 Å². The van der Waals surface area contributed by atoms with Crippen LogP contribution in [0, 0.1) is 0 Å². The summed E-state index contributed by atoms with van der Waals surface area (Å²) in [4.78, 5) is 23.3. The summed E-state index contributed by atoms with van der Waals surface area (Å²) in [5.41, 5.74) is 6.64. The SMILES string of the molecule is CCOC(=O)c1cccc([C@H](N)CNC(=O)OC(C)(C)C)c1. The number of rotatable bonds is 5. The van der Waals surface area contributed by atoms with Crippen LogP contribution in [-0.4, -0.2) is 30.8 Å². The highest BCUT2D eigenvalue weighted by molar-refractivity contribution is 5.89. The second kappa shape index (κ2) is 7.79. The zero-order chi connectivity index (χ0) is 16.8. The molecular formula is C16H24N2O4. The topological polar surface area (TPSA) is 90.6 Å². The van der Waals surface area contributed by atoms with E-state index in [2.05, 4.69) is 5.32 Å². The van der Waals surface area contributed by atoms with E-state index in [9.17, 15) is 9.59 Å². The molecule has 0 aliphatic carbocycles. The molecule has 1 rings (SSSR count). The van der Waals surface area contributed by atoms with E-state index >= 15 is 0 Å². The zero-order valence-electron chi connectivity index (χ0n) is 13.5. The number of alkyl carbamates (subject to hydrolysis) is 1. The molecule has 6 heteroatoms. The van der Waals surface area contributed by atoms with Crippen molar-refractivity contribution in [1.29, 1.82) is 0 Å². The van der Waals surface area contributed by atoms with Crippen molar-refractivity contribution in [1.82, 2.24) is 5.32 Å². The molecule has 122 valence electrons. The van der Waals surface area contributed by atoms with Gasteiger partial charge < -0.3 is 20.5 Å². The van der Waals surface area contributed by atoms with Crippen LogP contribution >= 0.6 is 0 Å². The Morgan fingerprint density at radius 3 is 2.59 bits per heavy atom. The van der Waals surface area contributed by atoms with Gasteiger partial charge in [-0.25, -0.2) is 9.59 Å². The van der Waals surface area contributed by atoms with E-state index in [0.29, 0.717) is 12.2 Å². The Morgan fingerprint density at radius 1 is 1.32 bits per heavy atom. The highest BCUT2D eigenvalue weighted by Crippen LogP contribution is 2.13. The van der Waals surface area contributed by atoms with Crippen molar-refractivity contribution < 1.29 is 19.1 Å². The van der Waals surface area contributed by atoms with Crippen molar-refractivity contribution >= 4 is 12.1 Å². The summed E-state index contributed by atoms with van der Waals surface area (Å²) in [7, 11) is 0. The molecule has 6 nitrogen and oxygen atoms in total. The van der Waals surface area contributed by atoms with Gasteiger partial charge in [-0.15, -0.1) is 0 Å². The maximum Gasteiger partial charge on any atom is 0.407 e. The van der Waals surface area contributed by atoms with Crippen molar-refractivity contribution in [2.45, 2.75) is 39.3 Å². The van der Waals surface area contributed by atoms with E-state index in [0.717, 1.165) is 5.56 Å². The van der Waals surface area contributed by atoms with Crippen LogP contribution in [0.2, 0.25) is 0 Å². The van der Waals surface area contributed by atoms with E-state index in [1.54, 1.807) is 52.0 Å². The first-order valence-electron chi connectivity index (χ1n) is 7.22. The smallest absolute Gasteiger partial charge is 0.407 e. The molecule has 0 aliphatic heterocycles. The summed E-state index contributed by atoms with van der Waals surface area (Å²) < 4.78 is 10.1. The molecule has 0 unspecified atom stereocenters. The molecule has 0 saturated heterocycles. The van der Waals surface area contributed by atoms with Gasteiger partial charge in [-0.1, -0.05) is 12.1 Å². The van der Waals surface area contributed by atoms with Crippen LogP contribution < -0.4 is 11.1 Å². The van der Waals surface area contributed by atoms with Crippen LogP contribution in [0.3, 0.4) is 0 Å². The molecule has 1 atom stereocenters. The van der Waals surface area contributed by atoms with Gasteiger partial charge in [0.1, 0.15) is 5.60 Å². The molecule has 0 aliphatic rings. The highest BCUT2D eigenvalue weighted by Gasteiger charge is 2.17. The lowest BCUT2D eigenvalue weighted by atomic mass is 10.0. The number of hydrogen-bond acceptors (Lipinski definition) is 5. The first kappa shape index (κ1) is 18.0. The van der Waals surface area contributed by atoms with Gasteiger partial charge in [-0.3, -0.25) is 0 Å². The second-order valence-electron chi connectivity index (χ2n) is 5.84. The van der Waals surface area contributed by atoms with Crippen molar-refractivity contribution in [3.05, 3.63) is 35.4 Å². The summed E-state index contributed by atoms with van der Waals surface area (Å²) in [6.45, 7) is 7.63. The molecule has 0 bridgehead atoms. The van der Waals surface area contributed by atoms with Crippen LogP contribution in [0.1, 0.15) is 49.7 Å². The number of amides is 1. The van der Waals surface area contributed by atoms with E-state index < -0.39 is 23.7 Å². The van der Waals surface area contributed by atoms with E-state index in [4.69, 9.17) is 15.2 Å². The minimum atomic E-state index is -0.558. The van der Waals surface area contributed by atoms with Crippen LogP contribution in [0.4, 0.5) is 4.79 Å². The normalized spacial score (nSPS) is 12.4. The van der Waals surface area contributed by atoms with Crippen molar-refractivity contribution in [2.24, 2.45) is 5.73 Å². The maximum atomic E-state index is 11.7. The van der Waals surface area contributed by atoms with Crippen LogP contribution in [0.25, 0.3) is 0 Å². The van der Waals surface area contributed by atoms with Gasteiger partial charge >= 0.3 is 12.1 Å². The Kier molecular flexibility index (Phi) is 6.37. The van der Waals surface area contributed by atoms with E-state index in [1.165, 1.54) is 0 Å². The van der Waals surface area contributed by atoms with Crippen LogP contribution in [0.5, 0.6) is 0 Å². The number of esters is 1. The molecule has 1 amide bonds. The maximum absolute atomic E-state index is 11.7. The van der Waals surface area contributed by atoms with Gasteiger partial charge in [-0.05, 0) is 45.4 Å². The lowest BCUT2D eigenvalue weighted by molar-refractivity contribution is 0.0513. The van der Waals surface area contributed by atoms with Crippen LogP contribution in [-0.2, 0) is 9.47 Å². The molecule has 0 heterocycles. The average Bonchev–Trinajstić information content (AvgIpc) is 2.43. The first-order chi connectivity index (χ1) is 10.2. The molecule has 1 aromatic rings. The third-order valence-corrected chi connectivity index (χ3v) is 2.69. The fourth-order valence-corrected chi connectivity index (χ4v) is 1.74. The number of carbonyl (C=O) groups excluding carboxylic acids is 2. The van der Waals surface area contributed by atoms with Crippen LogP contribution in [0.15, 0.2) is 24.3 Å². The van der Waals surface area contributed by atoms with Gasteiger partial charge in [0, 0.05) is 12.6 Å². The summed E-state index contributed by atoms with van der Waals surface area (Å²) in [5, 5.41) is 2.61. The summed E-state index contributed by atoms with van der Waals surface area (Å²) in [6, 6.07) is 6.41. The van der Waals surface area contributed by atoms with Crippen molar-refractivity contribution in [3.8, 4) is 0 Å². The number of nitrogens with one attached hydrogen (secondary N) is 1. The Bertz CT molecular complexity index is 523. The number of carbonyl (C=O) groups is 2. The standard InChI is InChI=1S/C16H24N2O4/c1-5-21-14(19)12-8-6-7-11(9-12)13(17)10-18-15(20)22-16(2,3)4/h6-9,13H,5,10,17H2,1-4H3,(H,18,20)/t13-/m1/s1. The molecule has 0 radical (unpaired) electrons. The molecule has 22 heavy (non-hydrogen) atoms. The molecular weight excluding hydrogens is 284 g/mol. The zero-order valence-corrected chi connectivity index (χ0v) is 13.5. The van der Waals surface area contributed by atoms with Gasteiger partial charge in [0.05, 0.1) is 12.2 Å². The summed E-state index contributed by atoms with van der Waals surface area (Å²) >= 11 is 0. The highest BCUT2D eigenvalue weighted by atomic mass is 16.6. The fraction of sp³-hybridized carbons (Fsp3) is 0.500. The summed E-state index contributed by atoms with van der Waals surface area (Å²) in [6.07, 6.45) is -0.524. The number of hydrogen-bond donors (Lipinski definition) is 2. The lowest BCUT2D eigenvalue weighted by Crippen LogP contribution is -2.36. The molecule has 1 aromatic carbocycles. The Morgan fingerprint density at radius 2 is 2.00 bits per heavy atom. The number of benzene rings is 1. The average molecular weight is 308 g/mol. The minimum Gasteiger partial charge on any atom is -0.462 e. The monoisotopic (exact) mass is 308 g/mol. The van der Waals surface area contributed by atoms with Gasteiger partial charge in [0.2, 0.25) is 0 Å². The van der Waals surface area contributed by atoms with Crippen molar-refractivity contribution in [3.63, 3.8) is 0 Å². The molecule has 0 saturated carbocycles. The molecule has 0 aromatic heterocycles. The largest absolute Gasteiger partial charge is 0.462 e. The predicted molar refractivity (Wildman–Crippen MR) is 83.6 cm³/mol. The lowest BCUT2D eigenvalue weighted by Gasteiger charge is -2.21. The minimum absolute atomic E-state index is 0.210. The quantitative estimate of drug-likeness (QED) is 0.815. The Labute approximate surface area is 131 Å². The molecule has 0 fully saturated rings. The van der Waals surface area contributed by atoms with E-state index in [1.807, 2.05) is 0 Å². The van der Waals surface area contributed by atoms with Gasteiger partial charge in [-0.2, -0.15) is 0 Å². The summed E-state index contributed by atoms with van der Waals surface area (Å²) in [5.74, 6) is -0.392. The molecule has 0 spiro atoms. The molecule has 3 N–H and O–H groups in total.